The molecule has 43 heavy (non-hydrogen) atoms. The van der Waals surface area contributed by atoms with E-state index in [1.165, 1.54) is 12.1 Å². The van der Waals surface area contributed by atoms with Gasteiger partial charge in [0.05, 0.1) is 30.2 Å². The summed E-state index contributed by atoms with van der Waals surface area (Å²) < 4.78 is 200. The number of hydrogen-bond donors (Lipinski definition) is 0. The van der Waals surface area contributed by atoms with Crippen molar-refractivity contribution in [3.05, 3.63) is 157 Å². The zero-order valence-electron chi connectivity index (χ0n) is 43.7. The summed E-state index contributed by atoms with van der Waals surface area (Å²) in [7, 11) is 0. The van der Waals surface area contributed by atoms with E-state index in [1.54, 1.807) is 0 Å². The topological polar surface area (TPSA) is 13.1 Å². The van der Waals surface area contributed by atoms with Gasteiger partial charge in [-0.3, -0.25) is 0 Å². The summed E-state index contributed by atoms with van der Waals surface area (Å²) in [5, 5.41) is -1.72. The second kappa shape index (κ2) is 9.44. The zero-order valence-corrected chi connectivity index (χ0v) is 21.7. The van der Waals surface area contributed by atoms with Crippen molar-refractivity contribution < 1.29 is 34.6 Å². The molecule has 1 heterocycles. The van der Waals surface area contributed by atoms with E-state index in [4.69, 9.17) is 26.3 Å². The third-order valence-electron chi connectivity index (χ3n) is 7.26. The van der Waals surface area contributed by atoms with Crippen LogP contribution in [0, 0.1) is 0 Å². The molecule has 8 aromatic carbocycles. The maximum atomic E-state index is 9.57. The predicted octanol–water partition coefficient (Wildman–Crippen LogP) is 12.0. The first-order valence-electron chi connectivity index (χ1n) is 24.0. The molecule has 0 aliphatic heterocycles. The smallest absolute Gasteiger partial charge is 0.135 e. The highest BCUT2D eigenvalue weighted by Gasteiger charge is 2.18. The highest BCUT2D eigenvalue weighted by atomic mass is 16.3. The number of fused-ring (bicyclic) bond motifs is 6. The van der Waals surface area contributed by atoms with Crippen LogP contribution in [0.5, 0.6) is 0 Å². The molecule has 0 fully saturated rings. The summed E-state index contributed by atoms with van der Waals surface area (Å²) in [5.41, 5.74) is -3.04. The van der Waals surface area contributed by atoms with Gasteiger partial charge in [0.25, 0.3) is 0 Å². The summed E-state index contributed by atoms with van der Waals surface area (Å²) in [5.74, 6) is 0. The standard InChI is InChI=1S/C42H26O/c1-2-12-31-27(10-1)11-9-18-32(31)28-20-22-29(23-21-28)41-34-14-3-5-16-36(34)42(37-17-6-4-15-35(37)41)30-24-25-40-38(26-30)33-13-7-8-19-39(33)43-40/h1-26H/i1D,2D,3D,4D,5D,6D,7D,8D,9D,10D,11D,12D,13D,18D,19D,20D,21D,22D,23D,24D,25D,26D. The Hall–Kier alpha value is -5.66. The van der Waals surface area contributed by atoms with Gasteiger partial charge in [-0.2, -0.15) is 0 Å². The van der Waals surface area contributed by atoms with Gasteiger partial charge in [-0.05, 0) is 83.8 Å². The first-order chi connectivity index (χ1) is 30.5. The van der Waals surface area contributed by atoms with E-state index in [2.05, 4.69) is 0 Å². The first-order valence-corrected chi connectivity index (χ1v) is 13.0. The monoisotopic (exact) mass is 568 g/mol. The lowest BCUT2D eigenvalue weighted by atomic mass is 9.85. The lowest BCUT2D eigenvalue weighted by Crippen LogP contribution is -1.91. The van der Waals surface area contributed by atoms with Gasteiger partial charge in [-0.1, -0.05) is 139 Å². The molecule has 0 aliphatic carbocycles. The number of furan rings is 1. The average molecular weight is 569 g/mol. The van der Waals surface area contributed by atoms with Crippen molar-refractivity contribution in [2.24, 2.45) is 0 Å². The Bertz CT molecular complexity index is 3640. The van der Waals surface area contributed by atoms with Crippen LogP contribution in [0.25, 0.3) is 87.6 Å². The minimum atomic E-state index is -0.847. The van der Waals surface area contributed by atoms with Gasteiger partial charge in [0.1, 0.15) is 11.2 Å². The maximum absolute atomic E-state index is 9.57. The molecule has 0 unspecified atom stereocenters. The quantitative estimate of drug-likeness (QED) is 0.193. The van der Waals surface area contributed by atoms with Crippen LogP contribution in [0.4, 0.5) is 0 Å². The van der Waals surface area contributed by atoms with Crippen LogP contribution in [0.15, 0.2) is 162 Å². The molecule has 9 rings (SSSR count). The molecule has 0 radical (unpaired) electrons. The molecule has 1 aromatic heterocycles. The largest absolute Gasteiger partial charge is 0.456 e. The molecule has 1 nitrogen and oxygen atoms in total. The second-order valence-electron chi connectivity index (χ2n) is 9.57. The van der Waals surface area contributed by atoms with Crippen LogP contribution in [0.3, 0.4) is 0 Å². The van der Waals surface area contributed by atoms with Crippen LogP contribution >= 0.6 is 0 Å². The Morgan fingerprint density at radius 2 is 0.907 bits per heavy atom. The normalized spacial score (nSPS) is 18.9. The van der Waals surface area contributed by atoms with Crippen LogP contribution < -0.4 is 0 Å². The SMILES string of the molecule is [2H]c1cc2c(-c3c([2H])c([2H])c(-c4c([2H])c([2H])c([2H])c5c([2H])c([2H])c([2H])c([2H])c45)c([2H])c3[2H])c3cc([2H])c([2H])cc3c(-c3c([2H])c([2H])c4oc5c([2H])c([2H])c([2H])c([2H])c5c4c3[2H])c2cc1[2H]. The van der Waals surface area contributed by atoms with Crippen molar-refractivity contribution in [2.45, 2.75) is 0 Å². The van der Waals surface area contributed by atoms with Crippen molar-refractivity contribution >= 4 is 54.3 Å². The van der Waals surface area contributed by atoms with E-state index in [1.807, 2.05) is 0 Å². The molecule has 0 bridgehead atoms. The summed E-state index contributed by atoms with van der Waals surface area (Å²) in [4.78, 5) is 0. The fraction of sp³-hybridized carbons (Fsp3) is 0. The number of benzene rings is 8. The van der Waals surface area contributed by atoms with Crippen molar-refractivity contribution in [3.63, 3.8) is 0 Å². The lowest BCUT2D eigenvalue weighted by Gasteiger charge is -2.18. The van der Waals surface area contributed by atoms with E-state index in [0.717, 1.165) is 12.1 Å². The summed E-state index contributed by atoms with van der Waals surface area (Å²) in [6.45, 7) is 0. The number of rotatable bonds is 3. The van der Waals surface area contributed by atoms with Gasteiger partial charge in [-0.15, -0.1) is 0 Å². The van der Waals surface area contributed by atoms with Gasteiger partial charge < -0.3 is 4.42 Å². The summed E-state index contributed by atoms with van der Waals surface area (Å²) in [6.07, 6.45) is 0. The zero-order chi connectivity index (χ0) is 47.5. The second-order valence-corrected chi connectivity index (χ2v) is 9.57. The molecule has 0 spiro atoms. The molecule has 9 aromatic rings. The van der Waals surface area contributed by atoms with Crippen LogP contribution in [0.2, 0.25) is 0 Å². The van der Waals surface area contributed by atoms with Gasteiger partial charge in [0.2, 0.25) is 0 Å². The molecule has 1 heteroatoms. The highest BCUT2D eigenvalue weighted by molar-refractivity contribution is 6.22. The van der Waals surface area contributed by atoms with Gasteiger partial charge >= 0.3 is 0 Å². The molecular formula is C42H26O. The van der Waals surface area contributed by atoms with Gasteiger partial charge in [0.15, 0.2) is 0 Å². The Labute approximate surface area is 280 Å². The molecule has 0 amide bonds. The lowest BCUT2D eigenvalue weighted by molar-refractivity contribution is 0.669. The fourth-order valence-corrected chi connectivity index (χ4v) is 5.41. The Morgan fingerprint density at radius 1 is 0.372 bits per heavy atom. The molecule has 0 atom stereocenters. The third-order valence-corrected chi connectivity index (χ3v) is 7.26. The average Bonchev–Trinajstić information content (AvgIpc) is 3.68. The Kier molecular flexibility index (Phi) is 2.39. The molecule has 0 saturated carbocycles. The van der Waals surface area contributed by atoms with Crippen LogP contribution in [-0.4, -0.2) is 0 Å². The minimum Gasteiger partial charge on any atom is -0.456 e. The van der Waals surface area contributed by atoms with E-state index in [9.17, 15) is 8.22 Å². The van der Waals surface area contributed by atoms with Crippen LogP contribution in [0.1, 0.15) is 30.2 Å². The molecule has 0 aliphatic rings. The van der Waals surface area contributed by atoms with E-state index >= 15 is 0 Å². The van der Waals surface area contributed by atoms with Crippen molar-refractivity contribution in [1.29, 1.82) is 0 Å². The van der Waals surface area contributed by atoms with Crippen molar-refractivity contribution in [3.8, 4) is 33.4 Å². The molecule has 0 N–H and O–H groups in total. The number of hydrogen-bond acceptors (Lipinski definition) is 1. The summed E-state index contributed by atoms with van der Waals surface area (Å²) in [6, 6.07) is -9.92. The first kappa shape index (κ1) is 10.9. The molecule has 0 saturated heterocycles. The van der Waals surface area contributed by atoms with E-state index in [0.29, 0.717) is 0 Å². The van der Waals surface area contributed by atoms with E-state index < -0.39 is 166 Å². The van der Waals surface area contributed by atoms with Crippen molar-refractivity contribution in [2.75, 3.05) is 0 Å². The van der Waals surface area contributed by atoms with Crippen molar-refractivity contribution in [1.82, 2.24) is 0 Å². The molecular weight excluding hydrogens is 520 g/mol. The van der Waals surface area contributed by atoms with Gasteiger partial charge in [-0.25, -0.2) is 0 Å². The third kappa shape index (κ3) is 3.72. The number of para-hydroxylation sites is 1. The summed E-state index contributed by atoms with van der Waals surface area (Å²) >= 11 is 0. The van der Waals surface area contributed by atoms with E-state index in [-0.39, 0.29) is 54.6 Å². The predicted molar refractivity (Wildman–Crippen MR) is 183 cm³/mol. The van der Waals surface area contributed by atoms with Crippen LogP contribution in [-0.2, 0) is 0 Å². The fourth-order valence-electron chi connectivity index (χ4n) is 5.41. The Morgan fingerprint density at radius 3 is 1.63 bits per heavy atom. The Balaban J connectivity index is 1.47. The minimum absolute atomic E-state index is 0.0534. The maximum Gasteiger partial charge on any atom is 0.135 e. The van der Waals surface area contributed by atoms with Gasteiger partial charge in [0, 0.05) is 10.8 Å². The highest BCUT2D eigenvalue weighted by Crippen LogP contribution is 2.45. The molecule has 200 valence electrons.